The third-order valence-corrected chi connectivity index (χ3v) is 3.67. The summed E-state index contributed by atoms with van der Waals surface area (Å²) in [5, 5.41) is 18.2. The Hall–Kier alpha value is -3.62. The molecule has 1 aromatic carbocycles. The van der Waals surface area contributed by atoms with Crippen molar-refractivity contribution in [2.75, 3.05) is 0 Å². The van der Waals surface area contributed by atoms with E-state index in [1.54, 1.807) is 30.3 Å². The first-order chi connectivity index (χ1) is 11.6. The summed E-state index contributed by atoms with van der Waals surface area (Å²) in [6, 6.07) is 8.37. The summed E-state index contributed by atoms with van der Waals surface area (Å²) in [6.45, 7) is 0. The molecule has 24 heavy (non-hydrogen) atoms. The number of hydrogen-bond donors (Lipinski definition) is 0. The van der Waals surface area contributed by atoms with Crippen molar-refractivity contribution in [3.63, 3.8) is 0 Å². The number of nitriles is 2. The molecule has 0 saturated carbocycles. The van der Waals surface area contributed by atoms with Gasteiger partial charge in [0, 0.05) is 30.2 Å². The number of allylic oxidation sites excluding steroid dienone is 1. The van der Waals surface area contributed by atoms with Crippen LogP contribution in [0.4, 0.5) is 0 Å². The lowest BCUT2D eigenvalue weighted by atomic mass is 9.96. The standard InChI is InChI=1S/C19H10N2O3/c20-10-12(11-21)5-16-7-15-6-14-8-17(22)4-2-1-3-13(14)9-18(15)24-19(16)23/h5-7,9H,2,4,8H2. The van der Waals surface area contributed by atoms with Gasteiger partial charge in [0.25, 0.3) is 0 Å². The minimum Gasteiger partial charge on any atom is -0.422 e. The number of rotatable bonds is 1. The lowest BCUT2D eigenvalue weighted by Gasteiger charge is -2.08. The van der Waals surface area contributed by atoms with E-state index < -0.39 is 5.63 Å². The summed E-state index contributed by atoms with van der Waals surface area (Å²) < 4.78 is 5.28. The molecule has 0 aliphatic heterocycles. The quantitative estimate of drug-likeness (QED) is 0.458. The van der Waals surface area contributed by atoms with Gasteiger partial charge in [0.15, 0.2) is 0 Å². The molecule has 5 nitrogen and oxygen atoms in total. The van der Waals surface area contributed by atoms with E-state index in [0.29, 0.717) is 29.4 Å². The number of ketones is 1. The van der Waals surface area contributed by atoms with Crippen LogP contribution in [0.1, 0.15) is 29.5 Å². The molecule has 5 heteroatoms. The molecule has 0 unspecified atom stereocenters. The number of carbonyl (C=O) groups excluding carboxylic acids is 1. The number of carbonyl (C=O) groups is 1. The Morgan fingerprint density at radius 3 is 2.75 bits per heavy atom. The van der Waals surface area contributed by atoms with Gasteiger partial charge in [-0.3, -0.25) is 4.79 Å². The highest BCUT2D eigenvalue weighted by Crippen LogP contribution is 2.22. The lowest BCUT2D eigenvalue weighted by molar-refractivity contribution is -0.118. The van der Waals surface area contributed by atoms with Crippen molar-refractivity contribution in [2.24, 2.45) is 0 Å². The second-order valence-electron chi connectivity index (χ2n) is 5.34. The van der Waals surface area contributed by atoms with Gasteiger partial charge in [-0.25, -0.2) is 4.79 Å². The molecule has 0 saturated heterocycles. The first kappa shape index (κ1) is 15.3. The number of Topliss-reactive ketones (excluding diaryl/α,β-unsaturated/α-hetero) is 1. The Bertz CT molecular complexity index is 1080. The van der Waals surface area contributed by atoms with Crippen molar-refractivity contribution in [3.05, 3.63) is 50.9 Å². The highest BCUT2D eigenvalue weighted by molar-refractivity contribution is 5.87. The molecule has 1 heterocycles. The minimum absolute atomic E-state index is 0.110. The first-order valence-electron chi connectivity index (χ1n) is 7.24. The van der Waals surface area contributed by atoms with Crippen LogP contribution in [0.15, 0.2) is 33.0 Å². The van der Waals surface area contributed by atoms with Crippen molar-refractivity contribution in [3.8, 4) is 24.0 Å². The van der Waals surface area contributed by atoms with Gasteiger partial charge in [0.1, 0.15) is 29.1 Å². The molecule has 2 aromatic rings. The van der Waals surface area contributed by atoms with Crippen molar-refractivity contribution in [1.29, 1.82) is 10.5 Å². The summed E-state index contributed by atoms with van der Waals surface area (Å²) in [5.74, 6) is 6.04. The normalized spacial score (nSPS) is 12.7. The first-order valence-corrected chi connectivity index (χ1v) is 7.24. The number of benzene rings is 1. The van der Waals surface area contributed by atoms with Gasteiger partial charge in [-0.05, 0) is 29.8 Å². The summed E-state index contributed by atoms with van der Waals surface area (Å²) >= 11 is 0. The van der Waals surface area contributed by atoms with E-state index in [0.717, 1.165) is 5.56 Å². The molecule has 1 aliphatic carbocycles. The van der Waals surface area contributed by atoms with Gasteiger partial charge in [-0.2, -0.15) is 10.5 Å². The molecular formula is C19H10N2O3. The van der Waals surface area contributed by atoms with Gasteiger partial charge >= 0.3 is 5.63 Å². The summed E-state index contributed by atoms with van der Waals surface area (Å²) in [5.41, 5.74) is 1.10. The molecule has 3 rings (SSSR count). The zero-order valence-electron chi connectivity index (χ0n) is 12.5. The third kappa shape index (κ3) is 2.95. The van der Waals surface area contributed by atoms with E-state index in [1.165, 1.54) is 6.08 Å². The van der Waals surface area contributed by atoms with Gasteiger partial charge < -0.3 is 4.42 Å². The molecule has 0 atom stereocenters. The predicted octanol–water partition coefficient (Wildman–Crippen LogP) is 2.48. The smallest absolute Gasteiger partial charge is 0.343 e. The predicted molar refractivity (Wildman–Crippen MR) is 86.5 cm³/mol. The van der Waals surface area contributed by atoms with Crippen LogP contribution < -0.4 is 5.63 Å². The van der Waals surface area contributed by atoms with E-state index in [1.807, 2.05) is 0 Å². The van der Waals surface area contributed by atoms with E-state index >= 15 is 0 Å². The Morgan fingerprint density at radius 1 is 1.21 bits per heavy atom. The Labute approximate surface area is 137 Å². The zero-order valence-corrected chi connectivity index (χ0v) is 12.5. The van der Waals surface area contributed by atoms with Crippen LogP contribution in [-0.2, 0) is 11.2 Å². The minimum atomic E-state index is -0.639. The van der Waals surface area contributed by atoms with Gasteiger partial charge in [0.2, 0.25) is 0 Å². The fourth-order valence-electron chi connectivity index (χ4n) is 2.50. The van der Waals surface area contributed by atoms with E-state index in [2.05, 4.69) is 11.8 Å². The zero-order chi connectivity index (χ0) is 17.1. The van der Waals surface area contributed by atoms with Crippen LogP contribution >= 0.6 is 0 Å². The van der Waals surface area contributed by atoms with Crippen LogP contribution in [0.5, 0.6) is 0 Å². The highest BCUT2D eigenvalue weighted by Gasteiger charge is 2.13. The summed E-state index contributed by atoms with van der Waals surface area (Å²) in [6.07, 6.45) is 2.42. The van der Waals surface area contributed by atoms with Crippen LogP contribution in [-0.4, -0.2) is 5.78 Å². The number of hydrogen-bond acceptors (Lipinski definition) is 5. The Morgan fingerprint density at radius 2 is 2.00 bits per heavy atom. The van der Waals surface area contributed by atoms with Crippen molar-refractivity contribution in [1.82, 2.24) is 0 Å². The van der Waals surface area contributed by atoms with Crippen LogP contribution in [0, 0.1) is 34.5 Å². The van der Waals surface area contributed by atoms with E-state index in [4.69, 9.17) is 14.9 Å². The van der Waals surface area contributed by atoms with Crippen LogP contribution in [0.3, 0.4) is 0 Å². The number of nitrogens with zero attached hydrogens (tertiary/aromatic N) is 2. The van der Waals surface area contributed by atoms with Crippen LogP contribution in [0.25, 0.3) is 17.0 Å². The van der Waals surface area contributed by atoms with Gasteiger partial charge in [0.05, 0.1) is 5.56 Å². The van der Waals surface area contributed by atoms with Gasteiger partial charge in [-0.1, -0.05) is 11.8 Å². The second kappa shape index (κ2) is 6.24. The maximum Gasteiger partial charge on any atom is 0.343 e. The van der Waals surface area contributed by atoms with E-state index in [9.17, 15) is 9.59 Å². The average Bonchev–Trinajstić information content (AvgIpc) is 2.55. The molecule has 1 aromatic heterocycles. The third-order valence-electron chi connectivity index (χ3n) is 3.67. The summed E-state index contributed by atoms with van der Waals surface area (Å²) in [4.78, 5) is 23.9. The molecule has 0 radical (unpaired) electrons. The Kier molecular flexibility index (Phi) is 3.98. The molecule has 0 spiro atoms. The van der Waals surface area contributed by atoms with Crippen molar-refractivity contribution < 1.29 is 9.21 Å². The Balaban J connectivity index is 2.22. The van der Waals surface area contributed by atoms with Crippen molar-refractivity contribution in [2.45, 2.75) is 19.3 Å². The molecule has 0 amide bonds. The van der Waals surface area contributed by atoms with Crippen LogP contribution in [0.2, 0.25) is 0 Å². The average molecular weight is 314 g/mol. The molecular weight excluding hydrogens is 304 g/mol. The molecule has 114 valence electrons. The fourth-order valence-corrected chi connectivity index (χ4v) is 2.50. The second-order valence-corrected chi connectivity index (χ2v) is 5.34. The molecule has 0 N–H and O–H groups in total. The molecule has 1 aliphatic rings. The largest absolute Gasteiger partial charge is 0.422 e. The van der Waals surface area contributed by atoms with Crippen molar-refractivity contribution >= 4 is 22.8 Å². The monoisotopic (exact) mass is 314 g/mol. The molecule has 0 bridgehead atoms. The lowest BCUT2D eigenvalue weighted by Crippen LogP contribution is -2.07. The maximum atomic E-state index is 12.0. The topological polar surface area (TPSA) is 94.9 Å². The summed E-state index contributed by atoms with van der Waals surface area (Å²) in [7, 11) is 0. The van der Waals surface area contributed by atoms with E-state index in [-0.39, 0.29) is 23.3 Å². The van der Waals surface area contributed by atoms with Gasteiger partial charge in [-0.15, -0.1) is 0 Å². The maximum absolute atomic E-state index is 12.0. The highest BCUT2D eigenvalue weighted by atomic mass is 16.4. The molecule has 0 fully saturated rings. The SMILES string of the molecule is N#CC(C#N)=Cc1cc2cc3c(cc2oc1=O)C#CCCC(=O)C3. The fraction of sp³-hybridized carbons (Fsp3) is 0.158. The number of fused-ring (bicyclic) bond motifs is 2.